The van der Waals surface area contributed by atoms with Crippen molar-refractivity contribution in [2.45, 2.75) is 58.4 Å². The highest BCUT2D eigenvalue weighted by atomic mass is 16.2. The molecule has 2 fully saturated rings. The summed E-state index contributed by atoms with van der Waals surface area (Å²) in [6.45, 7) is 8.69. The van der Waals surface area contributed by atoms with E-state index >= 15 is 0 Å². The van der Waals surface area contributed by atoms with Gasteiger partial charge in [0.05, 0.1) is 6.04 Å². The van der Waals surface area contributed by atoms with Gasteiger partial charge in [-0.15, -0.1) is 0 Å². The molecule has 3 aliphatic heterocycles. The van der Waals surface area contributed by atoms with Crippen molar-refractivity contribution in [1.82, 2.24) is 15.1 Å². The maximum Gasteiger partial charge on any atom is 0.253 e. The Labute approximate surface area is 225 Å². The van der Waals surface area contributed by atoms with Crippen LogP contribution in [0.1, 0.15) is 81.1 Å². The van der Waals surface area contributed by atoms with E-state index in [0.717, 1.165) is 99.1 Å². The number of fused-ring (bicyclic) bond motifs is 1. The van der Waals surface area contributed by atoms with Gasteiger partial charge in [-0.25, -0.2) is 0 Å². The van der Waals surface area contributed by atoms with Gasteiger partial charge in [-0.3, -0.25) is 14.6 Å². The van der Waals surface area contributed by atoms with Crippen molar-refractivity contribution in [3.8, 4) is 0 Å². The number of hydrogen-bond donors (Lipinski definition) is 1. The van der Waals surface area contributed by atoms with Crippen molar-refractivity contribution in [3.63, 3.8) is 0 Å². The van der Waals surface area contributed by atoms with Crippen LogP contribution in [-0.2, 0) is 6.42 Å². The van der Waals surface area contributed by atoms with Gasteiger partial charge in [0, 0.05) is 62.2 Å². The van der Waals surface area contributed by atoms with Crippen LogP contribution in [0.2, 0.25) is 0 Å². The molecule has 0 aromatic heterocycles. The van der Waals surface area contributed by atoms with Gasteiger partial charge in [-0.2, -0.15) is 0 Å². The summed E-state index contributed by atoms with van der Waals surface area (Å²) in [6, 6.07) is 12.0. The number of likely N-dealkylation sites (tertiary alicyclic amines) is 2. The number of carbonyl (C=O) groups is 2. The third-order valence-electron chi connectivity index (χ3n) is 9.31. The summed E-state index contributed by atoms with van der Waals surface area (Å²) >= 11 is 0. The minimum Gasteiger partial charge on any atom is -0.375 e. The van der Waals surface area contributed by atoms with Gasteiger partial charge >= 0.3 is 0 Å². The average Bonchev–Trinajstić information content (AvgIpc) is 3.53. The van der Waals surface area contributed by atoms with Crippen molar-refractivity contribution >= 4 is 18.0 Å². The van der Waals surface area contributed by atoms with E-state index < -0.39 is 0 Å². The quantitative estimate of drug-likeness (QED) is 0.629. The first-order valence-electron chi connectivity index (χ1n) is 14.2. The Bertz CT molecular complexity index is 1300. The molecule has 2 aromatic rings. The average molecular weight is 511 g/mol. The molecule has 198 valence electrons. The number of nitrogens with one attached hydrogen (secondary N) is 1. The Morgan fingerprint density at radius 3 is 2.50 bits per heavy atom. The van der Waals surface area contributed by atoms with E-state index in [1.807, 2.05) is 50.4 Å². The van der Waals surface area contributed by atoms with E-state index in [0.29, 0.717) is 0 Å². The van der Waals surface area contributed by atoms with E-state index in [1.54, 1.807) is 0 Å². The molecule has 6 nitrogen and oxygen atoms in total. The van der Waals surface area contributed by atoms with Crippen LogP contribution >= 0.6 is 0 Å². The molecule has 6 rings (SSSR count). The summed E-state index contributed by atoms with van der Waals surface area (Å²) in [7, 11) is 0. The fourth-order valence-electron chi connectivity index (χ4n) is 6.99. The van der Waals surface area contributed by atoms with Crippen LogP contribution in [0.3, 0.4) is 0 Å². The molecule has 38 heavy (non-hydrogen) atoms. The van der Waals surface area contributed by atoms with Crippen molar-refractivity contribution in [3.05, 3.63) is 81.6 Å². The van der Waals surface area contributed by atoms with Crippen molar-refractivity contribution < 1.29 is 9.59 Å². The van der Waals surface area contributed by atoms with Crippen LogP contribution in [0.4, 0.5) is 0 Å². The number of dihydropyridines is 1. The van der Waals surface area contributed by atoms with Gasteiger partial charge in [0.1, 0.15) is 0 Å². The normalized spacial score (nSPS) is 21.9. The Morgan fingerprint density at radius 1 is 1.00 bits per heavy atom. The molecule has 2 amide bonds. The Hall–Kier alpha value is -3.41. The summed E-state index contributed by atoms with van der Waals surface area (Å²) in [6.07, 6.45) is 10.3. The predicted octanol–water partition coefficient (Wildman–Crippen LogP) is 5.01. The second kappa shape index (κ2) is 10.0. The van der Waals surface area contributed by atoms with E-state index in [1.165, 1.54) is 11.3 Å². The molecule has 4 aliphatic rings. The lowest BCUT2D eigenvalue weighted by atomic mass is 9.77. The molecule has 6 heteroatoms. The number of benzene rings is 2. The highest BCUT2D eigenvalue weighted by molar-refractivity contribution is 5.97. The third kappa shape index (κ3) is 4.65. The monoisotopic (exact) mass is 510 g/mol. The van der Waals surface area contributed by atoms with Crippen LogP contribution in [0, 0.1) is 19.3 Å². The highest BCUT2D eigenvalue weighted by Crippen LogP contribution is 2.42. The van der Waals surface area contributed by atoms with Gasteiger partial charge in [0.2, 0.25) is 0 Å². The molecule has 0 radical (unpaired) electrons. The molecule has 2 saturated heterocycles. The fourth-order valence-corrected chi connectivity index (χ4v) is 6.99. The fraction of sp³-hybridized carbons (Fsp3) is 0.469. The molecule has 1 spiro atoms. The van der Waals surface area contributed by atoms with Gasteiger partial charge in [0.25, 0.3) is 11.8 Å². The Morgan fingerprint density at radius 2 is 1.76 bits per heavy atom. The van der Waals surface area contributed by atoms with E-state index in [9.17, 15) is 9.59 Å². The molecular formula is C32H38N4O2. The largest absolute Gasteiger partial charge is 0.375 e. The summed E-state index contributed by atoms with van der Waals surface area (Å²) in [5.41, 5.74) is 7.48. The van der Waals surface area contributed by atoms with Crippen LogP contribution in [0.15, 0.2) is 53.2 Å². The summed E-state index contributed by atoms with van der Waals surface area (Å²) in [4.78, 5) is 35.7. The number of aliphatic imine (C=N–C) groups is 1. The second-order valence-corrected chi connectivity index (χ2v) is 11.7. The molecule has 2 aromatic carbocycles. The minimum atomic E-state index is -0.0577. The standard InChI is InChI=1S/C32H38N4O2/c1-22-4-3-5-23(2)29(22)30(37)34-28-9-8-24-6-7-25(20-27(24)28)31(38)36-19-14-32(21-36)12-17-35(18-13-32)26-10-15-33-16-11-26/h3-7,10,15,20,28H,8-9,11-14,16-19,21H2,1-2H3,(H,34,37)/t28-/m1/s1. The van der Waals surface area contributed by atoms with Crippen LogP contribution in [0.25, 0.3) is 0 Å². The summed E-state index contributed by atoms with van der Waals surface area (Å²) < 4.78 is 0. The van der Waals surface area contributed by atoms with E-state index in [-0.39, 0.29) is 23.3 Å². The van der Waals surface area contributed by atoms with Crippen molar-refractivity contribution in [2.75, 3.05) is 32.7 Å². The van der Waals surface area contributed by atoms with Crippen molar-refractivity contribution in [1.29, 1.82) is 0 Å². The summed E-state index contributed by atoms with van der Waals surface area (Å²) in [5, 5.41) is 3.27. The maximum atomic E-state index is 13.6. The van der Waals surface area contributed by atoms with Crippen LogP contribution < -0.4 is 5.32 Å². The first-order chi connectivity index (χ1) is 18.4. The molecule has 0 unspecified atom stereocenters. The smallest absolute Gasteiger partial charge is 0.253 e. The number of piperidine rings is 1. The Balaban J connectivity index is 1.12. The first-order valence-corrected chi connectivity index (χ1v) is 14.2. The van der Waals surface area contributed by atoms with E-state index in [4.69, 9.17) is 0 Å². The number of carbonyl (C=O) groups excluding carboxylic acids is 2. The van der Waals surface area contributed by atoms with Gasteiger partial charge in [-0.05, 0) is 91.8 Å². The third-order valence-corrected chi connectivity index (χ3v) is 9.31. The zero-order chi connectivity index (χ0) is 26.3. The molecule has 1 atom stereocenters. The summed E-state index contributed by atoms with van der Waals surface area (Å²) in [5.74, 6) is 0.101. The molecule has 1 aliphatic carbocycles. The maximum absolute atomic E-state index is 13.6. The molecule has 0 bridgehead atoms. The van der Waals surface area contributed by atoms with Gasteiger partial charge < -0.3 is 15.1 Å². The predicted molar refractivity (Wildman–Crippen MR) is 151 cm³/mol. The zero-order valence-corrected chi connectivity index (χ0v) is 22.6. The van der Waals surface area contributed by atoms with Gasteiger partial charge in [0.15, 0.2) is 0 Å². The van der Waals surface area contributed by atoms with Crippen LogP contribution in [-0.4, -0.2) is 60.6 Å². The van der Waals surface area contributed by atoms with Crippen LogP contribution in [0.5, 0.6) is 0 Å². The number of aryl methyl sites for hydroxylation is 3. The lowest BCUT2D eigenvalue weighted by Gasteiger charge is -2.41. The SMILES string of the molecule is Cc1cccc(C)c1C(=O)N[C@@H]1CCc2ccc(C(=O)N3CCC4(CCN(C5=CC=NCC5)CC4)C3)cc21. The van der Waals surface area contributed by atoms with Gasteiger partial charge in [-0.1, -0.05) is 24.3 Å². The molecular weight excluding hydrogens is 472 g/mol. The number of hydrogen-bond acceptors (Lipinski definition) is 4. The lowest BCUT2D eigenvalue weighted by molar-refractivity contribution is 0.0737. The first kappa shape index (κ1) is 24.9. The highest BCUT2D eigenvalue weighted by Gasteiger charge is 2.42. The molecule has 1 N–H and O–H groups in total. The number of rotatable bonds is 4. The second-order valence-electron chi connectivity index (χ2n) is 11.7. The molecule has 0 saturated carbocycles. The topological polar surface area (TPSA) is 65.0 Å². The minimum absolute atomic E-state index is 0.0284. The molecule has 3 heterocycles. The van der Waals surface area contributed by atoms with Crippen molar-refractivity contribution in [2.24, 2.45) is 10.4 Å². The number of nitrogens with zero attached hydrogens (tertiary/aromatic N) is 3. The lowest BCUT2D eigenvalue weighted by Crippen LogP contribution is -2.42. The number of allylic oxidation sites excluding steroid dienone is 1. The number of amides is 2. The Kier molecular flexibility index (Phi) is 6.58. The van der Waals surface area contributed by atoms with E-state index in [2.05, 4.69) is 32.3 Å². The zero-order valence-electron chi connectivity index (χ0n) is 22.6.